The predicted molar refractivity (Wildman–Crippen MR) is 122 cm³/mol. The molecule has 2 aromatic heterocycles. The number of carbonyl (C=O) groups excluding carboxylic acids is 1. The first-order valence-electron chi connectivity index (χ1n) is 10.3. The highest BCUT2D eigenvalue weighted by atomic mass is 32.2. The molecule has 2 heterocycles. The number of unbranched alkanes of at least 4 members (excludes halogenated alkanes) is 1. The number of benzene rings is 1. The van der Waals surface area contributed by atoms with Crippen molar-refractivity contribution in [1.29, 1.82) is 0 Å². The number of aryl methyl sites for hydroxylation is 3. The Bertz CT molecular complexity index is 1170. The molecule has 0 aliphatic heterocycles. The second kappa shape index (κ2) is 9.84. The van der Waals surface area contributed by atoms with Gasteiger partial charge in [0.2, 0.25) is 21.1 Å². The molecule has 3 rings (SSSR count). The molecule has 31 heavy (non-hydrogen) atoms. The number of hydrogen-bond acceptors (Lipinski definition) is 7. The molecule has 0 saturated carbocycles. The molecule has 1 aromatic carbocycles. The van der Waals surface area contributed by atoms with Gasteiger partial charge in [0.15, 0.2) is 0 Å². The van der Waals surface area contributed by atoms with Gasteiger partial charge in [-0.15, -0.1) is 10.2 Å². The number of nitrogens with zero attached hydrogens (tertiary/aromatic N) is 5. The smallest absolute Gasteiger partial charge is 0.242 e. The van der Waals surface area contributed by atoms with E-state index in [-0.39, 0.29) is 17.2 Å². The highest BCUT2D eigenvalue weighted by Crippen LogP contribution is 2.23. The summed E-state index contributed by atoms with van der Waals surface area (Å²) in [6.07, 6.45) is 3.69. The van der Waals surface area contributed by atoms with Gasteiger partial charge in [-0.2, -0.15) is 0 Å². The standard InChI is InChI=1S/C20H28N6O3S2/c1-5-7-8-19-23-24-20(30-19)22-18(27)12-11-17-21-15-13-14(31(28,29)25(3)4)9-10-16(15)26(17)6-2/h9-10,13H,5-8,11-12H2,1-4H3,(H,22,24,27). The van der Waals surface area contributed by atoms with E-state index in [2.05, 4.69) is 27.4 Å². The number of fused-ring (bicyclic) bond motifs is 1. The first kappa shape index (κ1) is 23.3. The molecular weight excluding hydrogens is 436 g/mol. The topological polar surface area (TPSA) is 110 Å². The van der Waals surface area contributed by atoms with Crippen molar-refractivity contribution in [3.8, 4) is 0 Å². The highest BCUT2D eigenvalue weighted by Gasteiger charge is 2.20. The van der Waals surface area contributed by atoms with Gasteiger partial charge < -0.3 is 9.88 Å². The normalized spacial score (nSPS) is 12.0. The molecule has 0 unspecified atom stereocenters. The molecule has 3 aromatic rings. The van der Waals surface area contributed by atoms with Crippen LogP contribution in [0.15, 0.2) is 23.1 Å². The minimum Gasteiger partial charge on any atom is -0.328 e. The molecule has 11 heteroatoms. The lowest BCUT2D eigenvalue weighted by atomic mass is 10.3. The van der Waals surface area contributed by atoms with E-state index in [9.17, 15) is 13.2 Å². The van der Waals surface area contributed by atoms with Gasteiger partial charge in [-0.1, -0.05) is 24.7 Å². The molecule has 1 N–H and O–H groups in total. The number of nitrogens with one attached hydrogen (secondary N) is 1. The summed E-state index contributed by atoms with van der Waals surface area (Å²) in [5.74, 6) is 0.594. The van der Waals surface area contributed by atoms with Gasteiger partial charge in [-0.05, 0) is 31.5 Å². The molecule has 0 aliphatic carbocycles. The number of hydrogen-bond donors (Lipinski definition) is 1. The number of rotatable bonds is 10. The zero-order chi connectivity index (χ0) is 22.6. The van der Waals surface area contributed by atoms with Crippen molar-refractivity contribution in [2.75, 3.05) is 19.4 Å². The fourth-order valence-electron chi connectivity index (χ4n) is 3.21. The largest absolute Gasteiger partial charge is 0.328 e. The van der Waals surface area contributed by atoms with Gasteiger partial charge in [-0.25, -0.2) is 17.7 Å². The second-order valence-electron chi connectivity index (χ2n) is 7.36. The van der Waals surface area contributed by atoms with Gasteiger partial charge in [0.05, 0.1) is 15.9 Å². The first-order valence-corrected chi connectivity index (χ1v) is 12.6. The van der Waals surface area contributed by atoms with E-state index in [4.69, 9.17) is 0 Å². The van der Waals surface area contributed by atoms with Crippen molar-refractivity contribution in [3.05, 3.63) is 29.0 Å². The number of imidazole rings is 1. The van der Waals surface area contributed by atoms with Crippen molar-refractivity contribution in [1.82, 2.24) is 24.1 Å². The number of carbonyl (C=O) groups is 1. The van der Waals surface area contributed by atoms with Crippen LogP contribution in [0.1, 0.15) is 43.9 Å². The monoisotopic (exact) mass is 464 g/mol. The summed E-state index contributed by atoms with van der Waals surface area (Å²) in [6.45, 7) is 4.79. The van der Waals surface area contributed by atoms with Gasteiger partial charge >= 0.3 is 0 Å². The van der Waals surface area contributed by atoms with Crippen LogP contribution in [-0.4, -0.2) is 52.5 Å². The zero-order valence-electron chi connectivity index (χ0n) is 18.3. The molecule has 9 nitrogen and oxygen atoms in total. The number of amides is 1. The van der Waals surface area contributed by atoms with Crippen LogP contribution in [0.4, 0.5) is 5.13 Å². The Kier molecular flexibility index (Phi) is 7.39. The van der Waals surface area contributed by atoms with Crippen LogP contribution in [0.2, 0.25) is 0 Å². The summed E-state index contributed by atoms with van der Waals surface area (Å²) in [7, 11) is -0.537. The van der Waals surface area contributed by atoms with Crippen molar-refractivity contribution in [3.63, 3.8) is 0 Å². The molecule has 168 valence electrons. The Balaban J connectivity index is 1.72. The Morgan fingerprint density at radius 3 is 2.65 bits per heavy atom. The molecule has 1 amide bonds. The molecular formula is C20H28N6O3S2. The van der Waals surface area contributed by atoms with Crippen LogP contribution in [0.25, 0.3) is 11.0 Å². The quantitative estimate of drug-likeness (QED) is 0.494. The maximum atomic E-state index is 12.4. The van der Waals surface area contributed by atoms with Crippen molar-refractivity contribution in [2.24, 2.45) is 0 Å². The summed E-state index contributed by atoms with van der Waals surface area (Å²) in [5, 5.41) is 12.4. The van der Waals surface area contributed by atoms with Crippen molar-refractivity contribution < 1.29 is 13.2 Å². The molecule has 0 bridgehead atoms. The summed E-state index contributed by atoms with van der Waals surface area (Å²) >= 11 is 1.40. The highest BCUT2D eigenvalue weighted by molar-refractivity contribution is 7.89. The van der Waals surface area contributed by atoms with E-state index >= 15 is 0 Å². The zero-order valence-corrected chi connectivity index (χ0v) is 19.9. The van der Waals surface area contributed by atoms with Gasteiger partial charge in [0.1, 0.15) is 10.8 Å². The van der Waals surface area contributed by atoms with Crippen LogP contribution in [0.3, 0.4) is 0 Å². The second-order valence-corrected chi connectivity index (χ2v) is 10.6. The molecule has 0 saturated heterocycles. The van der Waals surface area contributed by atoms with Crippen LogP contribution >= 0.6 is 11.3 Å². The molecule has 0 radical (unpaired) electrons. The third-order valence-corrected chi connectivity index (χ3v) is 7.64. The molecule has 0 spiro atoms. The van der Waals surface area contributed by atoms with Crippen molar-refractivity contribution >= 4 is 43.4 Å². The SMILES string of the molecule is CCCCc1nnc(NC(=O)CCc2nc3cc(S(=O)(=O)N(C)C)ccc3n2CC)s1. The Labute approximate surface area is 186 Å². The van der Waals surface area contributed by atoms with Crippen LogP contribution in [0.5, 0.6) is 0 Å². The Hall–Kier alpha value is -2.37. The van der Waals surface area contributed by atoms with Gasteiger partial charge in [0.25, 0.3) is 0 Å². The lowest BCUT2D eigenvalue weighted by Crippen LogP contribution is -2.22. The lowest BCUT2D eigenvalue weighted by Gasteiger charge is -2.11. The number of anilines is 1. The van der Waals surface area contributed by atoms with E-state index < -0.39 is 10.0 Å². The van der Waals surface area contributed by atoms with E-state index in [1.165, 1.54) is 29.7 Å². The maximum Gasteiger partial charge on any atom is 0.242 e. The fourth-order valence-corrected chi connectivity index (χ4v) is 4.93. The van der Waals surface area contributed by atoms with Crippen molar-refractivity contribution in [2.45, 2.75) is 57.4 Å². The minimum absolute atomic E-state index is 0.149. The van der Waals surface area contributed by atoms with E-state index in [0.29, 0.717) is 23.6 Å². The minimum atomic E-state index is -3.53. The average Bonchev–Trinajstić information content (AvgIpc) is 3.33. The van der Waals surface area contributed by atoms with Crippen LogP contribution < -0.4 is 5.32 Å². The summed E-state index contributed by atoms with van der Waals surface area (Å²) in [6, 6.07) is 4.94. The third kappa shape index (κ3) is 5.28. The summed E-state index contributed by atoms with van der Waals surface area (Å²) in [5.41, 5.74) is 1.45. The first-order chi connectivity index (χ1) is 14.8. The van der Waals surface area contributed by atoms with E-state index in [1.54, 1.807) is 18.2 Å². The number of aromatic nitrogens is 4. The molecule has 0 fully saturated rings. The Morgan fingerprint density at radius 2 is 1.97 bits per heavy atom. The molecule has 0 aliphatic rings. The van der Waals surface area contributed by atoms with Gasteiger partial charge in [-0.3, -0.25) is 4.79 Å². The van der Waals surface area contributed by atoms with E-state index in [1.807, 2.05) is 11.5 Å². The van der Waals surface area contributed by atoms with Gasteiger partial charge in [0, 0.05) is 39.9 Å². The lowest BCUT2D eigenvalue weighted by molar-refractivity contribution is -0.116. The fraction of sp³-hybridized carbons (Fsp3) is 0.500. The summed E-state index contributed by atoms with van der Waals surface area (Å²) in [4.78, 5) is 17.2. The maximum absolute atomic E-state index is 12.4. The average molecular weight is 465 g/mol. The van der Waals surface area contributed by atoms with E-state index in [0.717, 1.165) is 35.6 Å². The third-order valence-electron chi connectivity index (χ3n) is 4.93. The Morgan fingerprint density at radius 1 is 1.19 bits per heavy atom. The number of sulfonamides is 1. The van der Waals surface area contributed by atoms with Crippen LogP contribution in [0, 0.1) is 0 Å². The van der Waals surface area contributed by atoms with Crippen LogP contribution in [-0.2, 0) is 34.2 Å². The molecule has 0 atom stereocenters. The summed E-state index contributed by atoms with van der Waals surface area (Å²) < 4.78 is 28.0. The predicted octanol–water partition coefficient (Wildman–Crippen LogP) is 3.07.